The van der Waals surface area contributed by atoms with E-state index in [0.29, 0.717) is 0 Å². The van der Waals surface area contributed by atoms with Gasteiger partial charge in [-0.15, -0.1) is 22.7 Å². The third-order valence-corrected chi connectivity index (χ3v) is 12.8. The largest absolute Gasteiger partial charge is 0.135 e. The van der Waals surface area contributed by atoms with Gasteiger partial charge in [-0.2, -0.15) is 0 Å². The number of fused-ring (bicyclic) bond motifs is 9. The van der Waals surface area contributed by atoms with Crippen molar-refractivity contribution in [3.05, 3.63) is 200 Å². The van der Waals surface area contributed by atoms with Gasteiger partial charge in [0, 0.05) is 45.7 Å². The highest BCUT2D eigenvalue weighted by atomic mass is 32.1. The Kier molecular flexibility index (Phi) is 8.14. The maximum atomic E-state index is 3.85. The Bertz CT molecular complexity index is 3190. The average Bonchev–Trinajstić information content (AvgIpc) is 3.78. The summed E-state index contributed by atoms with van der Waals surface area (Å²) in [6.07, 6.45) is 5.90. The zero-order valence-electron chi connectivity index (χ0n) is 29.5. The fourth-order valence-corrected chi connectivity index (χ4v) is 10.2. The lowest BCUT2D eigenvalue weighted by Gasteiger charge is -2.11. The third-order valence-electron chi connectivity index (χ3n) is 10.4. The lowest BCUT2D eigenvalue weighted by atomic mass is 9.93. The maximum absolute atomic E-state index is 3.85. The molecule has 54 heavy (non-hydrogen) atoms. The molecule has 10 aromatic rings. The molecule has 0 amide bonds. The Morgan fingerprint density at radius 3 is 1.81 bits per heavy atom. The molecule has 254 valence electrons. The van der Waals surface area contributed by atoms with Gasteiger partial charge in [0.15, 0.2) is 0 Å². The number of hydrogen-bond acceptors (Lipinski definition) is 2. The van der Waals surface area contributed by atoms with Crippen molar-refractivity contribution in [1.29, 1.82) is 0 Å². The Morgan fingerprint density at radius 2 is 1.02 bits per heavy atom. The molecular weight excluding hydrogens is 689 g/mol. The van der Waals surface area contributed by atoms with Gasteiger partial charge in [0.1, 0.15) is 0 Å². The van der Waals surface area contributed by atoms with E-state index >= 15 is 0 Å². The van der Waals surface area contributed by atoms with Crippen molar-refractivity contribution in [1.82, 2.24) is 0 Å². The second-order valence-corrected chi connectivity index (χ2v) is 15.8. The van der Waals surface area contributed by atoms with E-state index in [1.54, 1.807) is 0 Å². The quantitative estimate of drug-likeness (QED) is 0.155. The highest BCUT2D eigenvalue weighted by Gasteiger charge is 2.14. The van der Waals surface area contributed by atoms with Crippen molar-refractivity contribution in [2.75, 3.05) is 0 Å². The molecule has 0 aliphatic carbocycles. The summed E-state index contributed by atoms with van der Waals surface area (Å²) in [5.74, 6) is 0. The summed E-state index contributed by atoms with van der Waals surface area (Å²) in [6, 6.07) is 64.7. The summed E-state index contributed by atoms with van der Waals surface area (Å²) in [7, 11) is 0. The zero-order valence-corrected chi connectivity index (χ0v) is 31.1. The Morgan fingerprint density at radius 1 is 0.370 bits per heavy atom. The Labute approximate surface area is 322 Å². The van der Waals surface area contributed by atoms with Crippen molar-refractivity contribution < 1.29 is 0 Å². The molecule has 0 nitrogen and oxygen atoms in total. The van der Waals surface area contributed by atoms with Crippen molar-refractivity contribution in [2.45, 2.75) is 0 Å². The molecule has 0 fully saturated rings. The predicted octanol–water partition coefficient (Wildman–Crippen LogP) is 16.1. The highest BCUT2D eigenvalue weighted by molar-refractivity contribution is 7.27. The van der Waals surface area contributed by atoms with E-state index in [1.165, 1.54) is 95.3 Å². The van der Waals surface area contributed by atoms with Crippen LogP contribution in [-0.4, -0.2) is 0 Å². The molecular formula is C52H34S2. The molecule has 8 aromatic carbocycles. The molecule has 0 bridgehead atoms. The molecule has 10 rings (SSSR count). The standard InChI is InChI=1S/C52H34S2/c1-2-3-14-34-15-12-17-37(29-34)40-19-6-4-5-7-20-41(43-22-9-8-21-42(40)43)38-18-13-16-35(30-38)36-26-28-50-47(31-36)48-32-39-25-27-45-44-23-10-11-24-49(44)54-52(45)46(39)33-51(48)53-50/h2-33H,1H2/b5-4?,6-4?,7-5?,14-3-,19-6?,20-7?,40-19?,41-20?,42-40?,43-41?. The van der Waals surface area contributed by atoms with E-state index in [1.807, 2.05) is 34.8 Å². The van der Waals surface area contributed by atoms with Crippen LogP contribution < -0.4 is 0 Å². The molecule has 0 radical (unpaired) electrons. The van der Waals surface area contributed by atoms with E-state index in [0.717, 1.165) is 5.56 Å². The van der Waals surface area contributed by atoms with E-state index in [-0.39, 0.29) is 0 Å². The fraction of sp³-hybridized carbons (Fsp3) is 0. The van der Waals surface area contributed by atoms with E-state index in [2.05, 4.69) is 189 Å². The van der Waals surface area contributed by atoms with Gasteiger partial charge in [0.2, 0.25) is 0 Å². The van der Waals surface area contributed by atoms with Crippen LogP contribution in [0.2, 0.25) is 0 Å². The molecule has 0 saturated carbocycles. The monoisotopic (exact) mass is 722 g/mol. The van der Waals surface area contributed by atoms with Crippen LogP contribution in [0.4, 0.5) is 0 Å². The first-order valence-corrected chi connectivity index (χ1v) is 19.9. The van der Waals surface area contributed by atoms with E-state index < -0.39 is 0 Å². The van der Waals surface area contributed by atoms with Gasteiger partial charge in [-0.05, 0) is 97.6 Å². The van der Waals surface area contributed by atoms with Crippen LogP contribution in [0.1, 0.15) is 5.56 Å². The third kappa shape index (κ3) is 5.68. The van der Waals surface area contributed by atoms with Crippen molar-refractivity contribution in [3.63, 3.8) is 0 Å². The molecule has 2 heterocycles. The van der Waals surface area contributed by atoms with Crippen molar-refractivity contribution >= 4 is 90.6 Å². The number of hydrogen-bond donors (Lipinski definition) is 0. The fourth-order valence-electron chi connectivity index (χ4n) is 7.88. The van der Waals surface area contributed by atoms with Crippen LogP contribution in [-0.2, 0) is 0 Å². The molecule has 0 aliphatic heterocycles. The lowest BCUT2D eigenvalue weighted by molar-refractivity contribution is 1.61. The molecule has 0 unspecified atom stereocenters. The summed E-state index contributed by atoms with van der Waals surface area (Å²) < 4.78 is 5.38. The number of rotatable bonds is 5. The Hall–Kier alpha value is -6.32. The van der Waals surface area contributed by atoms with Gasteiger partial charge in [-0.1, -0.05) is 158 Å². The van der Waals surface area contributed by atoms with Gasteiger partial charge in [-0.25, -0.2) is 0 Å². The molecule has 0 spiro atoms. The first-order chi connectivity index (χ1) is 26.7. The zero-order chi connectivity index (χ0) is 36.0. The topological polar surface area (TPSA) is 0 Å². The molecule has 2 heteroatoms. The van der Waals surface area contributed by atoms with E-state index in [9.17, 15) is 0 Å². The molecule has 2 aromatic heterocycles. The Balaban J connectivity index is 1.11. The van der Waals surface area contributed by atoms with Crippen molar-refractivity contribution in [3.8, 4) is 33.4 Å². The summed E-state index contributed by atoms with van der Waals surface area (Å²) in [5, 5.41) is 10.4. The van der Waals surface area contributed by atoms with Gasteiger partial charge < -0.3 is 0 Å². The second-order valence-electron chi connectivity index (χ2n) is 13.7. The van der Waals surface area contributed by atoms with Crippen LogP contribution in [0.15, 0.2) is 195 Å². The van der Waals surface area contributed by atoms with Crippen LogP contribution in [0, 0.1) is 0 Å². The number of benzene rings is 7. The normalized spacial score (nSPS) is 11.7. The van der Waals surface area contributed by atoms with Crippen LogP contribution in [0.3, 0.4) is 0 Å². The maximum Gasteiger partial charge on any atom is 0.0434 e. The smallest absolute Gasteiger partial charge is 0.0434 e. The number of thiophene rings is 2. The summed E-state index contributed by atoms with van der Waals surface area (Å²) in [6.45, 7) is 3.85. The highest BCUT2D eigenvalue weighted by Crippen LogP contribution is 2.43. The average molecular weight is 723 g/mol. The van der Waals surface area contributed by atoms with Gasteiger partial charge in [0.25, 0.3) is 0 Å². The molecule has 0 saturated heterocycles. The SMILES string of the molecule is C=C/C=C\c1cccc(-c2ccccccc(-c3cccc(-c4ccc5sc6cc7c(ccc8c9ccccc9sc78)cc6c5c4)c3)c3ccccc23)c1. The summed E-state index contributed by atoms with van der Waals surface area (Å²) >= 11 is 3.80. The van der Waals surface area contributed by atoms with Crippen LogP contribution in [0.5, 0.6) is 0 Å². The van der Waals surface area contributed by atoms with E-state index in [4.69, 9.17) is 0 Å². The lowest BCUT2D eigenvalue weighted by Crippen LogP contribution is -1.85. The minimum absolute atomic E-state index is 1.15. The minimum atomic E-state index is 1.15. The van der Waals surface area contributed by atoms with Gasteiger partial charge >= 0.3 is 0 Å². The first-order valence-electron chi connectivity index (χ1n) is 18.3. The van der Waals surface area contributed by atoms with Crippen LogP contribution >= 0.6 is 22.7 Å². The summed E-state index contributed by atoms with van der Waals surface area (Å²) in [4.78, 5) is 0. The van der Waals surface area contributed by atoms with Crippen LogP contribution in [0.25, 0.3) is 101 Å². The molecule has 0 atom stereocenters. The molecule has 0 aliphatic rings. The second kappa shape index (κ2) is 13.6. The first kappa shape index (κ1) is 32.3. The van der Waals surface area contributed by atoms with Gasteiger partial charge in [-0.3, -0.25) is 0 Å². The van der Waals surface area contributed by atoms with Gasteiger partial charge in [0.05, 0.1) is 0 Å². The molecule has 0 N–H and O–H groups in total. The van der Waals surface area contributed by atoms with Crippen molar-refractivity contribution in [2.24, 2.45) is 0 Å². The predicted molar refractivity (Wildman–Crippen MR) is 240 cm³/mol. The minimum Gasteiger partial charge on any atom is -0.135 e. The summed E-state index contributed by atoms with van der Waals surface area (Å²) in [5.41, 5.74) is 8.31. The number of allylic oxidation sites excluding steroid dienone is 2.